The lowest BCUT2D eigenvalue weighted by atomic mass is 10.1. The standard InChI is InChI=1S/C15H14ClN5/c1-10-4-2-3-5-11(10)9-21-15(18-19-20-21)13-8-12(16)6-7-14(13)17/h2-8H,9,17H2,1H3. The highest BCUT2D eigenvalue weighted by molar-refractivity contribution is 6.31. The predicted molar refractivity (Wildman–Crippen MR) is 83.0 cm³/mol. The van der Waals surface area contributed by atoms with Gasteiger partial charge < -0.3 is 5.73 Å². The van der Waals surface area contributed by atoms with E-state index in [9.17, 15) is 0 Å². The highest BCUT2D eigenvalue weighted by atomic mass is 35.5. The largest absolute Gasteiger partial charge is 0.398 e. The Hall–Kier alpha value is -2.40. The zero-order valence-electron chi connectivity index (χ0n) is 11.5. The van der Waals surface area contributed by atoms with E-state index in [1.54, 1.807) is 22.9 Å². The Balaban J connectivity index is 2.02. The number of benzene rings is 2. The van der Waals surface area contributed by atoms with Crippen molar-refractivity contribution in [2.75, 3.05) is 5.73 Å². The number of nitrogens with zero attached hydrogens (tertiary/aromatic N) is 4. The van der Waals surface area contributed by atoms with Gasteiger partial charge in [-0.2, -0.15) is 0 Å². The van der Waals surface area contributed by atoms with Crippen LogP contribution in [0.1, 0.15) is 11.1 Å². The molecular formula is C15H14ClN5. The normalized spacial score (nSPS) is 10.8. The number of aromatic nitrogens is 4. The lowest BCUT2D eigenvalue weighted by molar-refractivity contribution is 0.651. The van der Waals surface area contributed by atoms with E-state index in [1.165, 1.54) is 5.56 Å². The number of halogens is 1. The second-order valence-corrected chi connectivity index (χ2v) is 5.25. The van der Waals surface area contributed by atoms with Crippen LogP contribution in [-0.4, -0.2) is 20.2 Å². The quantitative estimate of drug-likeness (QED) is 0.755. The van der Waals surface area contributed by atoms with Gasteiger partial charge in [0.05, 0.1) is 6.54 Å². The van der Waals surface area contributed by atoms with Gasteiger partial charge in [-0.05, 0) is 46.7 Å². The van der Waals surface area contributed by atoms with Gasteiger partial charge in [-0.3, -0.25) is 0 Å². The third-order valence-electron chi connectivity index (χ3n) is 3.37. The molecule has 2 N–H and O–H groups in total. The van der Waals surface area contributed by atoms with Crippen LogP contribution >= 0.6 is 11.6 Å². The summed E-state index contributed by atoms with van der Waals surface area (Å²) in [4.78, 5) is 0. The van der Waals surface area contributed by atoms with Crippen LogP contribution in [0.4, 0.5) is 5.69 Å². The zero-order chi connectivity index (χ0) is 14.8. The lowest BCUT2D eigenvalue weighted by Crippen LogP contribution is -2.06. The Bertz CT molecular complexity index is 781. The topological polar surface area (TPSA) is 69.6 Å². The molecule has 21 heavy (non-hydrogen) atoms. The van der Waals surface area contributed by atoms with Gasteiger partial charge >= 0.3 is 0 Å². The monoisotopic (exact) mass is 299 g/mol. The minimum Gasteiger partial charge on any atom is -0.398 e. The second-order valence-electron chi connectivity index (χ2n) is 4.82. The molecule has 0 aliphatic heterocycles. The molecule has 2 aromatic carbocycles. The number of hydrogen-bond donors (Lipinski definition) is 1. The van der Waals surface area contributed by atoms with E-state index >= 15 is 0 Å². The average Bonchev–Trinajstić information content (AvgIpc) is 2.92. The molecule has 1 aromatic heterocycles. The fraction of sp³-hybridized carbons (Fsp3) is 0.133. The molecule has 0 spiro atoms. The van der Waals surface area contributed by atoms with Crippen molar-refractivity contribution >= 4 is 17.3 Å². The van der Waals surface area contributed by atoms with Crippen molar-refractivity contribution in [3.63, 3.8) is 0 Å². The van der Waals surface area contributed by atoms with Crippen molar-refractivity contribution in [1.82, 2.24) is 20.2 Å². The van der Waals surface area contributed by atoms with Gasteiger partial charge in [-0.15, -0.1) is 5.10 Å². The summed E-state index contributed by atoms with van der Waals surface area (Å²) in [6.07, 6.45) is 0. The maximum absolute atomic E-state index is 6.04. The van der Waals surface area contributed by atoms with E-state index < -0.39 is 0 Å². The number of nitrogen functional groups attached to an aromatic ring is 1. The molecule has 0 fully saturated rings. The molecule has 0 amide bonds. The summed E-state index contributed by atoms with van der Waals surface area (Å²) in [5, 5.41) is 12.5. The van der Waals surface area contributed by atoms with E-state index in [0.29, 0.717) is 23.1 Å². The number of nitrogens with two attached hydrogens (primary N) is 1. The van der Waals surface area contributed by atoms with Gasteiger partial charge in [0.15, 0.2) is 5.82 Å². The van der Waals surface area contributed by atoms with Crippen LogP contribution in [0.25, 0.3) is 11.4 Å². The maximum atomic E-state index is 6.04. The maximum Gasteiger partial charge on any atom is 0.184 e. The molecule has 1 heterocycles. The van der Waals surface area contributed by atoms with Crippen LogP contribution < -0.4 is 5.73 Å². The van der Waals surface area contributed by atoms with Gasteiger partial charge in [0.2, 0.25) is 0 Å². The minimum atomic E-state index is 0.584. The Morgan fingerprint density at radius 2 is 2.00 bits per heavy atom. The SMILES string of the molecule is Cc1ccccc1Cn1nnnc1-c1cc(Cl)ccc1N. The number of rotatable bonds is 3. The molecule has 0 aliphatic rings. The van der Waals surface area contributed by atoms with Crippen molar-refractivity contribution in [2.24, 2.45) is 0 Å². The zero-order valence-corrected chi connectivity index (χ0v) is 12.2. The minimum absolute atomic E-state index is 0.584. The van der Waals surface area contributed by atoms with Gasteiger partial charge in [0.25, 0.3) is 0 Å². The average molecular weight is 300 g/mol. The van der Waals surface area contributed by atoms with Crippen molar-refractivity contribution < 1.29 is 0 Å². The van der Waals surface area contributed by atoms with Crippen molar-refractivity contribution in [2.45, 2.75) is 13.5 Å². The van der Waals surface area contributed by atoms with Gasteiger partial charge in [0, 0.05) is 16.3 Å². The van der Waals surface area contributed by atoms with Gasteiger partial charge in [-0.25, -0.2) is 4.68 Å². The van der Waals surface area contributed by atoms with Crippen molar-refractivity contribution in [3.05, 3.63) is 58.6 Å². The number of hydrogen-bond acceptors (Lipinski definition) is 4. The molecule has 0 atom stereocenters. The van der Waals surface area contributed by atoms with Gasteiger partial charge in [-0.1, -0.05) is 35.9 Å². The van der Waals surface area contributed by atoms with E-state index in [4.69, 9.17) is 17.3 Å². The molecule has 6 heteroatoms. The summed E-state index contributed by atoms with van der Waals surface area (Å²) >= 11 is 6.04. The summed E-state index contributed by atoms with van der Waals surface area (Å²) in [7, 11) is 0. The van der Waals surface area contributed by atoms with Crippen LogP contribution in [0, 0.1) is 6.92 Å². The highest BCUT2D eigenvalue weighted by Gasteiger charge is 2.13. The summed E-state index contributed by atoms with van der Waals surface area (Å²) in [5.74, 6) is 0.609. The number of tetrazole rings is 1. The number of aryl methyl sites for hydroxylation is 1. The second kappa shape index (κ2) is 5.54. The Kier molecular flexibility index (Phi) is 3.58. The van der Waals surface area contributed by atoms with Crippen LogP contribution in [0.15, 0.2) is 42.5 Å². The van der Waals surface area contributed by atoms with Crippen molar-refractivity contribution in [3.8, 4) is 11.4 Å². The summed E-state index contributed by atoms with van der Waals surface area (Å²) in [6.45, 7) is 2.65. The Labute approximate surface area is 127 Å². The van der Waals surface area contributed by atoms with Gasteiger partial charge in [0.1, 0.15) is 0 Å². The molecule has 0 aliphatic carbocycles. The molecule has 0 radical (unpaired) electrons. The molecular weight excluding hydrogens is 286 g/mol. The first-order chi connectivity index (χ1) is 10.1. The Morgan fingerprint density at radius 1 is 1.19 bits per heavy atom. The molecule has 3 rings (SSSR count). The van der Waals surface area contributed by atoms with Crippen LogP contribution in [0.5, 0.6) is 0 Å². The molecule has 106 valence electrons. The first-order valence-electron chi connectivity index (χ1n) is 6.51. The molecule has 0 unspecified atom stereocenters. The van der Waals surface area contributed by atoms with Crippen LogP contribution in [0.3, 0.4) is 0 Å². The number of anilines is 1. The summed E-state index contributed by atoms with van der Waals surface area (Å²) < 4.78 is 1.73. The smallest absolute Gasteiger partial charge is 0.184 e. The van der Waals surface area contributed by atoms with E-state index in [-0.39, 0.29) is 0 Å². The highest BCUT2D eigenvalue weighted by Crippen LogP contribution is 2.27. The summed E-state index contributed by atoms with van der Waals surface area (Å²) in [6, 6.07) is 13.4. The first kappa shape index (κ1) is 13.6. The third-order valence-corrected chi connectivity index (χ3v) is 3.60. The Morgan fingerprint density at radius 3 is 2.81 bits per heavy atom. The van der Waals surface area contributed by atoms with E-state index in [0.717, 1.165) is 11.1 Å². The predicted octanol–water partition coefficient (Wildman–Crippen LogP) is 2.93. The molecule has 0 bridgehead atoms. The fourth-order valence-corrected chi connectivity index (χ4v) is 2.35. The lowest BCUT2D eigenvalue weighted by Gasteiger charge is -2.09. The molecule has 5 nitrogen and oxygen atoms in total. The molecule has 0 saturated carbocycles. The first-order valence-corrected chi connectivity index (χ1v) is 6.89. The fourth-order valence-electron chi connectivity index (χ4n) is 2.18. The van der Waals surface area contributed by atoms with Crippen LogP contribution in [0.2, 0.25) is 5.02 Å². The van der Waals surface area contributed by atoms with Crippen LogP contribution in [-0.2, 0) is 6.54 Å². The van der Waals surface area contributed by atoms with E-state index in [2.05, 4.69) is 34.6 Å². The molecule has 0 saturated heterocycles. The third kappa shape index (κ3) is 2.73. The summed E-state index contributed by atoms with van der Waals surface area (Å²) in [5.41, 5.74) is 9.69. The van der Waals surface area contributed by atoms with Crippen molar-refractivity contribution in [1.29, 1.82) is 0 Å². The van der Waals surface area contributed by atoms with E-state index in [1.807, 2.05) is 12.1 Å². The molecule has 3 aromatic rings.